The fourth-order valence-corrected chi connectivity index (χ4v) is 3.13. The minimum absolute atomic E-state index is 0.0697. The summed E-state index contributed by atoms with van der Waals surface area (Å²) in [6, 6.07) is 21.1. The van der Waals surface area contributed by atoms with E-state index in [1.165, 1.54) is 11.1 Å². The second-order valence-corrected chi connectivity index (χ2v) is 7.88. The largest absolute Gasteiger partial charge is 0.460 e. The van der Waals surface area contributed by atoms with Crippen molar-refractivity contribution < 1.29 is 9.53 Å². The van der Waals surface area contributed by atoms with E-state index in [1.807, 2.05) is 32.9 Å². The fourth-order valence-electron chi connectivity index (χ4n) is 3.13. The predicted molar refractivity (Wildman–Crippen MR) is 107 cm³/mol. The van der Waals surface area contributed by atoms with Crippen molar-refractivity contribution in [2.75, 3.05) is 0 Å². The molecule has 2 aromatic rings. The molecule has 0 aliphatic heterocycles. The maximum atomic E-state index is 12.3. The Labute approximate surface area is 158 Å². The second-order valence-electron chi connectivity index (χ2n) is 7.88. The molecule has 0 bridgehead atoms. The van der Waals surface area contributed by atoms with E-state index in [0.29, 0.717) is 6.42 Å². The number of hydrogen-bond acceptors (Lipinski definition) is 3. The molecule has 0 aliphatic carbocycles. The van der Waals surface area contributed by atoms with Crippen LogP contribution >= 0.6 is 0 Å². The minimum Gasteiger partial charge on any atom is -0.460 e. The summed E-state index contributed by atoms with van der Waals surface area (Å²) in [5, 5.41) is 0. The monoisotopic (exact) mass is 353 g/mol. The molecule has 0 N–H and O–H groups in total. The van der Waals surface area contributed by atoms with Crippen molar-refractivity contribution in [2.45, 2.75) is 65.3 Å². The van der Waals surface area contributed by atoms with Gasteiger partial charge < -0.3 is 4.74 Å². The summed E-state index contributed by atoms with van der Waals surface area (Å²) in [7, 11) is 0. The number of nitrogens with zero attached hydrogens (tertiary/aromatic N) is 1. The molecule has 0 fully saturated rings. The van der Waals surface area contributed by atoms with Crippen molar-refractivity contribution in [1.82, 2.24) is 4.90 Å². The zero-order chi connectivity index (χ0) is 19.2. The smallest absolute Gasteiger partial charge is 0.307 e. The number of rotatable bonds is 7. The van der Waals surface area contributed by atoms with Gasteiger partial charge in [0.15, 0.2) is 0 Å². The predicted octanol–water partition coefficient (Wildman–Crippen LogP) is 5.37. The standard InChI is InChI=1S/C23H31NO2/c1-18(16-22(25)26-23(3,4)5)24(17-20-12-8-6-9-13-20)19(2)21-14-10-7-11-15-21/h6-15,18-19H,16-17H2,1-5H3/t18-,19+/m1/s1. The first-order valence-electron chi connectivity index (χ1n) is 9.33. The van der Waals surface area contributed by atoms with E-state index >= 15 is 0 Å². The summed E-state index contributed by atoms with van der Waals surface area (Å²) in [4.78, 5) is 14.7. The van der Waals surface area contributed by atoms with Gasteiger partial charge >= 0.3 is 5.97 Å². The van der Waals surface area contributed by atoms with Crippen molar-refractivity contribution in [1.29, 1.82) is 0 Å². The molecule has 3 nitrogen and oxygen atoms in total. The molecule has 140 valence electrons. The Hall–Kier alpha value is -2.13. The third-order valence-corrected chi connectivity index (χ3v) is 4.44. The minimum atomic E-state index is -0.452. The van der Waals surface area contributed by atoms with E-state index in [4.69, 9.17) is 4.74 Å². The van der Waals surface area contributed by atoms with E-state index in [2.05, 4.69) is 67.3 Å². The van der Waals surface area contributed by atoms with Crippen molar-refractivity contribution in [3.63, 3.8) is 0 Å². The number of carbonyl (C=O) groups is 1. The van der Waals surface area contributed by atoms with Crippen LogP contribution in [-0.2, 0) is 16.1 Å². The van der Waals surface area contributed by atoms with Gasteiger partial charge in [0.1, 0.15) is 5.60 Å². The van der Waals surface area contributed by atoms with Crippen molar-refractivity contribution in [3.8, 4) is 0 Å². The van der Waals surface area contributed by atoms with Crippen molar-refractivity contribution >= 4 is 5.97 Å². The molecule has 0 aromatic heterocycles. The highest BCUT2D eigenvalue weighted by Crippen LogP contribution is 2.26. The summed E-state index contributed by atoms with van der Waals surface area (Å²) < 4.78 is 5.53. The van der Waals surface area contributed by atoms with Gasteiger partial charge in [-0.2, -0.15) is 0 Å². The summed E-state index contributed by atoms with van der Waals surface area (Å²) in [6.07, 6.45) is 0.376. The summed E-state index contributed by atoms with van der Waals surface area (Å²) in [5.74, 6) is -0.150. The normalized spacial score (nSPS) is 14.1. The Morgan fingerprint density at radius 3 is 2.04 bits per heavy atom. The van der Waals surface area contributed by atoms with Gasteiger partial charge in [-0.15, -0.1) is 0 Å². The van der Waals surface area contributed by atoms with Crippen LogP contribution < -0.4 is 0 Å². The van der Waals surface area contributed by atoms with Crippen LogP contribution in [0.15, 0.2) is 60.7 Å². The SMILES string of the molecule is C[C@H](CC(=O)OC(C)(C)C)N(Cc1ccccc1)[C@@H](C)c1ccccc1. The Morgan fingerprint density at radius 1 is 0.962 bits per heavy atom. The zero-order valence-electron chi connectivity index (χ0n) is 16.6. The zero-order valence-corrected chi connectivity index (χ0v) is 16.6. The molecule has 0 saturated carbocycles. The summed E-state index contributed by atoms with van der Waals surface area (Å²) in [6.45, 7) is 10.8. The summed E-state index contributed by atoms with van der Waals surface area (Å²) in [5.41, 5.74) is 2.04. The average molecular weight is 354 g/mol. The van der Waals surface area contributed by atoms with Gasteiger partial charge in [0.2, 0.25) is 0 Å². The van der Waals surface area contributed by atoms with Crippen LogP contribution in [-0.4, -0.2) is 22.5 Å². The van der Waals surface area contributed by atoms with E-state index in [9.17, 15) is 4.79 Å². The molecular weight excluding hydrogens is 322 g/mol. The maximum Gasteiger partial charge on any atom is 0.307 e. The van der Waals surface area contributed by atoms with Crippen LogP contribution in [0.3, 0.4) is 0 Å². The van der Waals surface area contributed by atoms with E-state index in [0.717, 1.165) is 6.54 Å². The van der Waals surface area contributed by atoms with Crippen LogP contribution in [0.2, 0.25) is 0 Å². The van der Waals surface area contributed by atoms with Gasteiger partial charge in [0, 0.05) is 18.6 Å². The molecule has 0 heterocycles. The molecule has 2 aromatic carbocycles. The first-order chi connectivity index (χ1) is 12.3. The number of hydrogen-bond donors (Lipinski definition) is 0. The Kier molecular flexibility index (Phi) is 6.98. The number of esters is 1. The van der Waals surface area contributed by atoms with Crippen LogP contribution in [0.25, 0.3) is 0 Å². The fraction of sp³-hybridized carbons (Fsp3) is 0.435. The molecule has 0 amide bonds. The van der Waals surface area contributed by atoms with Crippen LogP contribution in [0.4, 0.5) is 0 Å². The molecule has 2 rings (SSSR count). The van der Waals surface area contributed by atoms with Crippen LogP contribution in [0, 0.1) is 0 Å². The topological polar surface area (TPSA) is 29.5 Å². The Morgan fingerprint density at radius 2 is 1.50 bits per heavy atom. The third kappa shape index (κ3) is 6.30. The van der Waals surface area contributed by atoms with E-state index < -0.39 is 5.60 Å². The molecule has 0 unspecified atom stereocenters. The quantitative estimate of drug-likeness (QED) is 0.627. The molecular formula is C23H31NO2. The number of ether oxygens (including phenoxy) is 1. The van der Waals surface area contributed by atoms with Gasteiger partial charge in [-0.1, -0.05) is 60.7 Å². The number of benzene rings is 2. The lowest BCUT2D eigenvalue weighted by atomic mass is 10.0. The molecule has 2 atom stereocenters. The average Bonchev–Trinajstić information content (AvgIpc) is 2.59. The second kappa shape index (κ2) is 9.00. The van der Waals surface area contributed by atoms with Gasteiger partial charge in [0.05, 0.1) is 6.42 Å². The lowest BCUT2D eigenvalue weighted by Crippen LogP contribution is -2.38. The molecule has 3 heteroatoms. The molecule has 0 radical (unpaired) electrons. The van der Waals surface area contributed by atoms with Crippen LogP contribution in [0.5, 0.6) is 0 Å². The highest BCUT2D eigenvalue weighted by Gasteiger charge is 2.26. The van der Waals surface area contributed by atoms with E-state index in [1.54, 1.807) is 0 Å². The van der Waals surface area contributed by atoms with Gasteiger partial charge in [0.25, 0.3) is 0 Å². The molecule has 0 spiro atoms. The van der Waals surface area contributed by atoms with Crippen molar-refractivity contribution in [2.24, 2.45) is 0 Å². The molecule has 26 heavy (non-hydrogen) atoms. The lowest BCUT2D eigenvalue weighted by molar-refractivity contribution is -0.156. The van der Waals surface area contributed by atoms with Crippen molar-refractivity contribution in [3.05, 3.63) is 71.8 Å². The Balaban J connectivity index is 2.17. The number of carbonyl (C=O) groups excluding carboxylic acids is 1. The molecule has 0 saturated heterocycles. The highest BCUT2D eigenvalue weighted by molar-refractivity contribution is 5.70. The van der Waals surface area contributed by atoms with Gasteiger partial charge in [-0.25, -0.2) is 0 Å². The van der Waals surface area contributed by atoms with Gasteiger partial charge in [-0.05, 0) is 45.7 Å². The maximum absolute atomic E-state index is 12.3. The molecule has 0 aliphatic rings. The lowest BCUT2D eigenvalue weighted by Gasteiger charge is -2.35. The van der Waals surface area contributed by atoms with Gasteiger partial charge in [-0.3, -0.25) is 9.69 Å². The third-order valence-electron chi connectivity index (χ3n) is 4.44. The highest BCUT2D eigenvalue weighted by atomic mass is 16.6. The Bertz CT molecular complexity index is 676. The first kappa shape index (κ1) is 20.2. The summed E-state index contributed by atoms with van der Waals surface area (Å²) >= 11 is 0. The first-order valence-corrected chi connectivity index (χ1v) is 9.33. The van der Waals surface area contributed by atoms with Crippen LogP contribution in [0.1, 0.15) is 58.2 Å². The van der Waals surface area contributed by atoms with E-state index in [-0.39, 0.29) is 18.1 Å².